The monoisotopic (exact) mass is 374 g/mol. The molecule has 0 aromatic rings. The number of carbonyl (C=O) groups excluding carboxylic acids is 2. The minimum absolute atomic E-state index is 0.000424. The predicted molar refractivity (Wildman–Crippen MR) is 93.4 cm³/mol. The number of rotatable bonds is 2. The van der Waals surface area contributed by atoms with Crippen LogP contribution < -0.4 is 0 Å². The maximum absolute atomic E-state index is 12.8. The fourth-order valence-electron chi connectivity index (χ4n) is 8.08. The number of ether oxygens (including phenoxy) is 2. The van der Waals surface area contributed by atoms with E-state index in [1.807, 2.05) is 19.1 Å². The van der Waals surface area contributed by atoms with Gasteiger partial charge < -0.3 is 14.6 Å². The Balaban J connectivity index is 1.69. The molecule has 4 bridgehead atoms. The molecule has 27 heavy (non-hydrogen) atoms. The third-order valence-corrected chi connectivity index (χ3v) is 8.71. The zero-order valence-electron chi connectivity index (χ0n) is 16.0. The normalized spacial score (nSPS) is 54.3. The van der Waals surface area contributed by atoms with E-state index in [0.29, 0.717) is 25.7 Å². The topological polar surface area (TPSA) is 89.9 Å². The average molecular weight is 374 g/mol. The van der Waals surface area contributed by atoms with Gasteiger partial charge in [0.2, 0.25) is 0 Å². The van der Waals surface area contributed by atoms with Crippen molar-refractivity contribution in [2.45, 2.75) is 64.1 Å². The summed E-state index contributed by atoms with van der Waals surface area (Å²) in [6.07, 6.45) is 7.17. The van der Waals surface area contributed by atoms with E-state index in [4.69, 9.17) is 9.47 Å². The molecule has 4 fully saturated rings. The van der Waals surface area contributed by atoms with Crippen LogP contribution in [0.5, 0.6) is 0 Å². The van der Waals surface area contributed by atoms with E-state index in [1.165, 1.54) is 6.92 Å². The van der Waals surface area contributed by atoms with Crippen molar-refractivity contribution in [1.82, 2.24) is 0 Å². The quantitative estimate of drug-likeness (QED) is 0.590. The lowest BCUT2D eigenvalue weighted by molar-refractivity contribution is -0.172. The SMILES string of the molecule is CC(=O)O[C@]12CC[C@@H]3[C@](C[C@H]1C)(C2)[C@@H](C(=O)O)[C@@H]1C2(C)C=CC[C@]13OC2=O. The number of esters is 2. The van der Waals surface area contributed by atoms with Crippen LogP contribution in [0.2, 0.25) is 0 Å². The summed E-state index contributed by atoms with van der Waals surface area (Å²) < 4.78 is 11.9. The number of carbonyl (C=O) groups is 3. The van der Waals surface area contributed by atoms with Crippen LogP contribution >= 0.6 is 0 Å². The van der Waals surface area contributed by atoms with Gasteiger partial charge >= 0.3 is 17.9 Å². The third kappa shape index (κ3) is 1.71. The van der Waals surface area contributed by atoms with Gasteiger partial charge in [-0.15, -0.1) is 0 Å². The average Bonchev–Trinajstić information content (AvgIpc) is 2.96. The summed E-state index contributed by atoms with van der Waals surface area (Å²) in [6, 6.07) is 0. The van der Waals surface area contributed by atoms with Crippen LogP contribution in [0.3, 0.4) is 0 Å². The van der Waals surface area contributed by atoms with E-state index >= 15 is 0 Å². The second kappa shape index (κ2) is 4.76. The summed E-state index contributed by atoms with van der Waals surface area (Å²) in [7, 11) is 0. The van der Waals surface area contributed by atoms with Crippen molar-refractivity contribution < 1.29 is 29.0 Å². The van der Waals surface area contributed by atoms with E-state index < -0.39 is 33.9 Å². The van der Waals surface area contributed by atoms with Crippen molar-refractivity contribution in [3.8, 4) is 0 Å². The Bertz CT molecular complexity index is 802. The molecular weight excluding hydrogens is 348 g/mol. The molecule has 5 aliphatic rings. The summed E-state index contributed by atoms with van der Waals surface area (Å²) in [4.78, 5) is 37.2. The van der Waals surface area contributed by atoms with E-state index in [1.54, 1.807) is 0 Å². The molecule has 0 amide bonds. The first-order chi connectivity index (χ1) is 12.6. The van der Waals surface area contributed by atoms with Crippen molar-refractivity contribution in [2.75, 3.05) is 0 Å². The lowest BCUT2D eigenvalue weighted by atomic mass is 9.62. The highest BCUT2D eigenvalue weighted by Crippen LogP contribution is 2.78. The molecule has 0 aromatic carbocycles. The number of aliphatic carboxylic acids is 1. The van der Waals surface area contributed by atoms with Crippen LogP contribution in [-0.2, 0) is 23.9 Å². The summed E-state index contributed by atoms with van der Waals surface area (Å²) in [5, 5.41) is 10.3. The molecule has 1 unspecified atom stereocenters. The number of hydrogen-bond acceptors (Lipinski definition) is 5. The van der Waals surface area contributed by atoms with Gasteiger partial charge in [0.1, 0.15) is 11.2 Å². The van der Waals surface area contributed by atoms with Crippen molar-refractivity contribution >= 4 is 17.9 Å². The van der Waals surface area contributed by atoms with E-state index in [-0.39, 0.29) is 29.7 Å². The molecule has 146 valence electrons. The molecule has 1 N–H and O–H groups in total. The lowest BCUT2D eigenvalue weighted by Crippen LogP contribution is -2.49. The molecule has 5 rings (SSSR count). The standard InChI is InChI=1S/C21H26O6/c1-11-9-19-10-20(11,26-12(2)22)8-5-13(19)21-7-4-6-18(3,17(25)27-21)15(21)14(19)16(23)24/h4,6,11,13-15H,5,7-10H2,1-3H3,(H,23,24)/t11-,13-,14-,15-,18?,19+,20+,21-/m1/s1. The minimum Gasteiger partial charge on any atom is -0.481 e. The zero-order chi connectivity index (χ0) is 19.4. The highest BCUT2D eigenvalue weighted by Gasteiger charge is 2.83. The first kappa shape index (κ1) is 17.3. The van der Waals surface area contributed by atoms with Crippen LogP contribution in [-0.4, -0.2) is 34.2 Å². The van der Waals surface area contributed by atoms with Crippen molar-refractivity contribution in [2.24, 2.45) is 34.5 Å². The summed E-state index contributed by atoms with van der Waals surface area (Å²) in [5.74, 6) is -2.36. The molecule has 1 aliphatic heterocycles. The molecule has 8 atom stereocenters. The Kier molecular flexibility index (Phi) is 3.04. The second-order valence-electron chi connectivity index (χ2n) is 9.79. The lowest BCUT2D eigenvalue weighted by Gasteiger charge is -2.46. The van der Waals surface area contributed by atoms with Gasteiger partial charge in [0.25, 0.3) is 0 Å². The first-order valence-electron chi connectivity index (χ1n) is 9.95. The molecule has 1 saturated heterocycles. The maximum Gasteiger partial charge on any atom is 0.316 e. The number of carboxylic acids is 1. The fourth-order valence-corrected chi connectivity index (χ4v) is 8.08. The van der Waals surface area contributed by atoms with E-state index in [9.17, 15) is 19.5 Å². The molecule has 1 heterocycles. The zero-order valence-corrected chi connectivity index (χ0v) is 16.0. The van der Waals surface area contributed by atoms with Crippen LogP contribution in [0.15, 0.2) is 12.2 Å². The Morgan fingerprint density at radius 2 is 2.11 bits per heavy atom. The van der Waals surface area contributed by atoms with E-state index in [2.05, 4.69) is 6.92 Å². The molecule has 6 nitrogen and oxygen atoms in total. The summed E-state index contributed by atoms with van der Waals surface area (Å²) in [6.45, 7) is 5.33. The molecular formula is C21H26O6. The van der Waals surface area contributed by atoms with Crippen LogP contribution in [0.25, 0.3) is 0 Å². The van der Waals surface area contributed by atoms with Crippen molar-refractivity contribution in [1.29, 1.82) is 0 Å². The Morgan fingerprint density at radius 1 is 1.37 bits per heavy atom. The van der Waals surface area contributed by atoms with Crippen molar-refractivity contribution in [3.63, 3.8) is 0 Å². The maximum atomic E-state index is 12.8. The highest BCUT2D eigenvalue weighted by molar-refractivity contribution is 5.86. The Morgan fingerprint density at radius 3 is 2.78 bits per heavy atom. The number of hydrogen-bond donors (Lipinski definition) is 1. The van der Waals surface area contributed by atoms with Gasteiger partial charge in [-0.3, -0.25) is 14.4 Å². The predicted octanol–water partition coefficient (Wildman–Crippen LogP) is 2.71. The molecule has 3 saturated carbocycles. The first-order valence-corrected chi connectivity index (χ1v) is 9.95. The molecule has 0 aromatic heterocycles. The Hall–Kier alpha value is -1.85. The summed E-state index contributed by atoms with van der Waals surface area (Å²) in [5.41, 5.74) is -2.69. The van der Waals surface area contributed by atoms with Gasteiger partial charge in [-0.25, -0.2) is 0 Å². The molecule has 4 aliphatic carbocycles. The van der Waals surface area contributed by atoms with Gasteiger partial charge in [0.05, 0.1) is 11.3 Å². The molecule has 0 radical (unpaired) electrons. The number of carboxylic acid groups (broad SMARTS) is 1. The second-order valence-corrected chi connectivity index (χ2v) is 9.79. The Labute approximate surface area is 158 Å². The van der Waals surface area contributed by atoms with E-state index in [0.717, 1.165) is 6.42 Å². The number of fused-ring (bicyclic) bond motifs is 1. The largest absolute Gasteiger partial charge is 0.481 e. The van der Waals surface area contributed by atoms with Crippen LogP contribution in [0.4, 0.5) is 0 Å². The smallest absolute Gasteiger partial charge is 0.316 e. The van der Waals surface area contributed by atoms with Crippen LogP contribution in [0.1, 0.15) is 52.9 Å². The summed E-state index contributed by atoms with van der Waals surface area (Å²) >= 11 is 0. The fraction of sp³-hybridized carbons (Fsp3) is 0.762. The van der Waals surface area contributed by atoms with Crippen molar-refractivity contribution in [3.05, 3.63) is 12.2 Å². The van der Waals surface area contributed by atoms with Gasteiger partial charge in [-0.1, -0.05) is 19.1 Å². The molecule has 1 spiro atoms. The van der Waals surface area contributed by atoms with Gasteiger partial charge in [-0.05, 0) is 43.9 Å². The molecule has 6 heteroatoms. The van der Waals surface area contributed by atoms with Gasteiger partial charge in [0.15, 0.2) is 0 Å². The minimum atomic E-state index is -0.886. The third-order valence-electron chi connectivity index (χ3n) is 8.71. The van der Waals surface area contributed by atoms with Gasteiger partial charge in [0, 0.05) is 25.2 Å². The van der Waals surface area contributed by atoms with Crippen LogP contribution in [0, 0.1) is 34.5 Å². The van der Waals surface area contributed by atoms with Gasteiger partial charge in [-0.2, -0.15) is 0 Å². The highest BCUT2D eigenvalue weighted by atomic mass is 16.6.